The van der Waals surface area contributed by atoms with E-state index in [0.29, 0.717) is 6.54 Å². The van der Waals surface area contributed by atoms with E-state index in [9.17, 15) is 20.4 Å². The van der Waals surface area contributed by atoms with Gasteiger partial charge in [-0.3, -0.25) is 0 Å². The van der Waals surface area contributed by atoms with Gasteiger partial charge in [0.2, 0.25) is 12.1 Å². The maximum absolute atomic E-state index is 11.7. The summed E-state index contributed by atoms with van der Waals surface area (Å²) in [5.74, 6) is -2.23. The fourth-order valence-electron chi connectivity index (χ4n) is 5.60. The van der Waals surface area contributed by atoms with Crippen molar-refractivity contribution >= 4 is 21.6 Å². The van der Waals surface area contributed by atoms with Gasteiger partial charge in [-0.15, -0.1) is 11.3 Å². The van der Waals surface area contributed by atoms with Crippen molar-refractivity contribution in [2.24, 2.45) is 0 Å². The smallest absolute Gasteiger partial charge is 0.249 e. The molecule has 1 aliphatic carbocycles. The standard InChI is InChI=1S/C23H34N4O7S/c1-11-8-22(30,10-26-9-14-27-12-6-4-5-7-13(12)35-14)23(31)21(32-11)33-20-18(29)15(24-2)17(28)16(25-3)19(20)34-23/h4-7,11,15-21,24-26,28-31H,8-10H2,1-3H3. The number of aliphatic hydroxyl groups excluding tert-OH is 2. The lowest BCUT2D eigenvalue weighted by molar-refractivity contribution is -0.482. The summed E-state index contributed by atoms with van der Waals surface area (Å²) in [4.78, 5) is 4.60. The van der Waals surface area contributed by atoms with E-state index >= 15 is 0 Å². The first-order chi connectivity index (χ1) is 16.7. The number of aromatic nitrogens is 1. The molecule has 1 saturated carbocycles. The fraction of sp³-hybridized carbons (Fsp3) is 0.696. The lowest BCUT2D eigenvalue weighted by atomic mass is 9.77. The minimum Gasteiger partial charge on any atom is -0.390 e. The number of fused-ring (bicyclic) bond motifs is 3. The first-order valence-corrected chi connectivity index (χ1v) is 12.7. The summed E-state index contributed by atoms with van der Waals surface area (Å²) in [5.41, 5.74) is -0.862. The molecule has 0 amide bonds. The third kappa shape index (κ3) is 4.20. The third-order valence-electron chi connectivity index (χ3n) is 7.38. The lowest BCUT2D eigenvalue weighted by Gasteiger charge is -2.60. The van der Waals surface area contributed by atoms with Crippen LogP contribution in [0.3, 0.4) is 0 Å². The van der Waals surface area contributed by atoms with Gasteiger partial charge in [-0.2, -0.15) is 0 Å². The quantitative estimate of drug-likeness (QED) is 0.246. The van der Waals surface area contributed by atoms with Gasteiger partial charge in [0.15, 0.2) is 0 Å². The molecule has 1 aromatic heterocycles. The van der Waals surface area contributed by atoms with Gasteiger partial charge in [0, 0.05) is 19.5 Å². The number of hydrogen-bond donors (Lipinski definition) is 7. The molecule has 11 nitrogen and oxygen atoms in total. The Morgan fingerprint density at radius 2 is 1.80 bits per heavy atom. The van der Waals surface area contributed by atoms with Crippen LogP contribution in [0.1, 0.15) is 18.4 Å². The molecule has 3 heterocycles. The summed E-state index contributed by atoms with van der Waals surface area (Å²) in [6.45, 7) is 2.16. The van der Waals surface area contributed by atoms with E-state index in [0.717, 1.165) is 15.2 Å². The Morgan fingerprint density at radius 1 is 1.06 bits per heavy atom. The van der Waals surface area contributed by atoms with Crippen molar-refractivity contribution in [3.63, 3.8) is 0 Å². The molecular formula is C23H34N4O7S. The molecule has 0 spiro atoms. The van der Waals surface area contributed by atoms with E-state index in [1.165, 1.54) is 0 Å². The number of rotatable bonds is 6. The highest BCUT2D eigenvalue weighted by Crippen LogP contribution is 2.46. The van der Waals surface area contributed by atoms with Crippen molar-refractivity contribution < 1.29 is 34.6 Å². The van der Waals surface area contributed by atoms with Gasteiger partial charge in [-0.05, 0) is 33.2 Å². The number of nitrogens with one attached hydrogen (secondary N) is 3. The molecule has 1 aromatic carbocycles. The zero-order valence-electron chi connectivity index (χ0n) is 19.9. The zero-order chi connectivity index (χ0) is 25.0. The van der Waals surface area contributed by atoms with Gasteiger partial charge in [0.25, 0.3) is 0 Å². The minimum atomic E-state index is -2.23. The SMILES string of the molecule is CNC1C(O)C(NC)C2OC3(O)C(OC(C)CC3(O)CNCc3nc4ccccc4s3)OC2C1O. The number of para-hydroxylation sites is 1. The highest BCUT2D eigenvalue weighted by Gasteiger charge is 2.68. The Hall–Kier alpha value is -1.29. The number of nitrogens with zero attached hydrogens (tertiary/aromatic N) is 1. The Morgan fingerprint density at radius 3 is 2.51 bits per heavy atom. The van der Waals surface area contributed by atoms with Crippen LogP contribution in [0.5, 0.6) is 0 Å². The molecule has 3 aliphatic rings. The van der Waals surface area contributed by atoms with Crippen LogP contribution in [0.2, 0.25) is 0 Å². The largest absolute Gasteiger partial charge is 0.390 e. The van der Waals surface area contributed by atoms with Crippen molar-refractivity contribution in [1.29, 1.82) is 0 Å². The topological polar surface area (TPSA) is 158 Å². The second kappa shape index (κ2) is 9.54. The Labute approximate surface area is 207 Å². The zero-order valence-corrected chi connectivity index (χ0v) is 20.7. The van der Waals surface area contributed by atoms with Gasteiger partial charge in [0.1, 0.15) is 28.9 Å². The minimum absolute atomic E-state index is 0.0150. The molecule has 35 heavy (non-hydrogen) atoms. The van der Waals surface area contributed by atoms with Crippen molar-refractivity contribution in [3.8, 4) is 0 Å². The van der Waals surface area contributed by atoms with Crippen LogP contribution < -0.4 is 16.0 Å². The first kappa shape index (κ1) is 25.4. The molecule has 0 radical (unpaired) electrons. The molecule has 5 rings (SSSR count). The van der Waals surface area contributed by atoms with Crippen LogP contribution in [0, 0.1) is 0 Å². The van der Waals surface area contributed by atoms with Gasteiger partial charge in [-0.1, -0.05) is 12.1 Å². The van der Waals surface area contributed by atoms with Crippen molar-refractivity contribution in [1.82, 2.24) is 20.9 Å². The molecule has 10 unspecified atom stereocenters. The average molecular weight is 511 g/mol. The number of hydrogen-bond acceptors (Lipinski definition) is 12. The Balaban J connectivity index is 1.36. The highest BCUT2D eigenvalue weighted by molar-refractivity contribution is 7.18. The Bertz CT molecular complexity index is 1010. The number of likely N-dealkylation sites (N-methyl/N-ethyl adjacent to an activating group) is 2. The molecule has 10 atom stereocenters. The molecule has 3 fully saturated rings. The van der Waals surface area contributed by atoms with E-state index in [-0.39, 0.29) is 13.0 Å². The highest BCUT2D eigenvalue weighted by atomic mass is 32.1. The van der Waals surface area contributed by atoms with Crippen molar-refractivity contribution in [2.45, 2.75) is 80.2 Å². The monoisotopic (exact) mass is 510 g/mol. The van der Waals surface area contributed by atoms with E-state index in [4.69, 9.17) is 14.2 Å². The number of aliphatic hydroxyl groups is 4. The number of ether oxygens (including phenoxy) is 3. The summed E-state index contributed by atoms with van der Waals surface area (Å²) in [7, 11) is 3.29. The molecule has 12 heteroatoms. The summed E-state index contributed by atoms with van der Waals surface area (Å²) in [6.07, 6.45) is -5.68. The second-order valence-corrected chi connectivity index (χ2v) is 10.8. The van der Waals surface area contributed by atoms with Crippen molar-refractivity contribution in [3.05, 3.63) is 29.3 Å². The van der Waals surface area contributed by atoms with Crippen LogP contribution in [0.25, 0.3) is 10.2 Å². The van der Waals surface area contributed by atoms with E-state index < -0.39 is 60.3 Å². The van der Waals surface area contributed by atoms with E-state index in [1.54, 1.807) is 32.4 Å². The average Bonchev–Trinajstić information content (AvgIpc) is 3.23. The fourth-order valence-corrected chi connectivity index (χ4v) is 6.54. The predicted octanol–water partition coefficient (Wildman–Crippen LogP) is -1.36. The molecule has 2 aromatic rings. The Kier molecular flexibility index (Phi) is 6.91. The van der Waals surface area contributed by atoms with Gasteiger partial charge in [-0.25, -0.2) is 4.98 Å². The van der Waals surface area contributed by atoms with Crippen LogP contribution >= 0.6 is 11.3 Å². The van der Waals surface area contributed by atoms with Crippen LogP contribution in [-0.4, -0.2) is 106 Å². The van der Waals surface area contributed by atoms with Crippen molar-refractivity contribution in [2.75, 3.05) is 20.6 Å². The van der Waals surface area contributed by atoms with Crippen LogP contribution in [-0.2, 0) is 20.8 Å². The number of thiazole rings is 1. The lowest BCUT2D eigenvalue weighted by Crippen LogP contribution is -2.81. The third-order valence-corrected chi connectivity index (χ3v) is 8.42. The molecule has 2 saturated heterocycles. The summed E-state index contributed by atoms with van der Waals surface area (Å²) < 4.78 is 19.1. The molecule has 0 bridgehead atoms. The molecule has 7 N–H and O–H groups in total. The maximum Gasteiger partial charge on any atom is 0.249 e. The summed E-state index contributed by atoms with van der Waals surface area (Å²) in [6, 6.07) is 6.49. The second-order valence-electron chi connectivity index (χ2n) is 9.68. The summed E-state index contributed by atoms with van der Waals surface area (Å²) >= 11 is 1.56. The van der Waals surface area contributed by atoms with Gasteiger partial charge >= 0.3 is 0 Å². The summed E-state index contributed by atoms with van der Waals surface area (Å²) in [5, 5.41) is 55.1. The van der Waals surface area contributed by atoms with Crippen LogP contribution in [0.4, 0.5) is 0 Å². The first-order valence-electron chi connectivity index (χ1n) is 11.9. The number of benzene rings is 1. The van der Waals surface area contributed by atoms with Gasteiger partial charge in [0.05, 0.1) is 34.5 Å². The van der Waals surface area contributed by atoms with E-state index in [2.05, 4.69) is 20.9 Å². The molecular weight excluding hydrogens is 476 g/mol. The molecule has 194 valence electrons. The van der Waals surface area contributed by atoms with Gasteiger partial charge < -0.3 is 50.6 Å². The van der Waals surface area contributed by atoms with E-state index in [1.807, 2.05) is 24.3 Å². The predicted molar refractivity (Wildman–Crippen MR) is 128 cm³/mol. The molecule has 2 aliphatic heterocycles. The normalized spacial score (nSPS) is 43.6. The maximum atomic E-state index is 11.7. The van der Waals surface area contributed by atoms with Crippen LogP contribution in [0.15, 0.2) is 24.3 Å².